The second-order valence-electron chi connectivity index (χ2n) is 6.33. The molecule has 0 radical (unpaired) electrons. The third kappa shape index (κ3) is 4.22. The van der Waals surface area contributed by atoms with Crippen molar-refractivity contribution < 1.29 is 23.8 Å². The number of aryl methyl sites for hydroxylation is 1. The van der Waals surface area contributed by atoms with Crippen LogP contribution in [0.5, 0.6) is 11.5 Å². The minimum absolute atomic E-state index is 0.0486. The van der Waals surface area contributed by atoms with Gasteiger partial charge in [-0.05, 0) is 42.5 Å². The lowest BCUT2D eigenvalue weighted by Crippen LogP contribution is -2.34. The maximum Gasteiger partial charge on any atom is 0.342 e. The number of fused-ring (bicyclic) bond motifs is 1. The molecular formula is C21H23NO5. The van der Waals surface area contributed by atoms with Gasteiger partial charge in [0, 0.05) is 0 Å². The molecular weight excluding hydrogens is 346 g/mol. The van der Waals surface area contributed by atoms with Gasteiger partial charge in [0.15, 0.2) is 18.1 Å². The van der Waals surface area contributed by atoms with E-state index in [2.05, 4.69) is 11.4 Å². The number of esters is 1. The van der Waals surface area contributed by atoms with E-state index in [9.17, 15) is 9.59 Å². The number of hydrogen-bond acceptors (Lipinski definition) is 5. The van der Waals surface area contributed by atoms with Gasteiger partial charge in [0.1, 0.15) is 5.56 Å². The smallest absolute Gasteiger partial charge is 0.342 e. The number of methoxy groups -OCH3 is 2. The van der Waals surface area contributed by atoms with Crippen LogP contribution in [-0.2, 0) is 16.0 Å². The number of ether oxygens (including phenoxy) is 3. The van der Waals surface area contributed by atoms with Gasteiger partial charge in [-0.1, -0.05) is 30.3 Å². The number of hydrogen-bond donors (Lipinski definition) is 1. The minimum atomic E-state index is -0.634. The molecule has 0 saturated carbocycles. The number of carbonyl (C=O) groups is 2. The molecule has 1 atom stereocenters. The number of rotatable bonds is 6. The highest BCUT2D eigenvalue weighted by Gasteiger charge is 2.23. The maximum absolute atomic E-state index is 12.3. The fraction of sp³-hybridized carbons (Fsp3) is 0.333. The van der Waals surface area contributed by atoms with Gasteiger partial charge in [-0.2, -0.15) is 0 Å². The number of benzene rings is 2. The van der Waals surface area contributed by atoms with E-state index in [1.165, 1.54) is 19.8 Å². The molecule has 0 saturated heterocycles. The molecule has 0 fully saturated rings. The van der Waals surface area contributed by atoms with Crippen molar-refractivity contribution in [2.24, 2.45) is 0 Å². The Kier molecular flexibility index (Phi) is 5.96. The van der Waals surface area contributed by atoms with Crippen LogP contribution in [0.1, 0.15) is 40.4 Å². The Bertz CT molecular complexity index is 833. The second kappa shape index (κ2) is 8.58. The highest BCUT2D eigenvalue weighted by Crippen LogP contribution is 2.31. The largest absolute Gasteiger partial charge is 0.493 e. The molecule has 1 aliphatic rings. The highest BCUT2D eigenvalue weighted by atomic mass is 16.5. The molecule has 0 heterocycles. The van der Waals surface area contributed by atoms with E-state index >= 15 is 0 Å². The van der Waals surface area contributed by atoms with Gasteiger partial charge in [-0.3, -0.25) is 4.79 Å². The van der Waals surface area contributed by atoms with Crippen molar-refractivity contribution in [3.63, 3.8) is 0 Å². The Labute approximate surface area is 158 Å². The summed E-state index contributed by atoms with van der Waals surface area (Å²) in [4.78, 5) is 24.6. The van der Waals surface area contributed by atoms with E-state index in [4.69, 9.17) is 14.2 Å². The average Bonchev–Trinajstić information content (AvgIpc) is 2.71. The predicted molar refractivity (Wildman–Crippen MR) is 100 cm³/mol. The van der Waals surface area contributed by atoms with Gasteiger partial charge in [0.25, 0.3) is 5.91 Å². The summed E-state index contributed by atoms with van der Waals surface area (Å²) in [7, 11) is 2.93. The first-order valence-corrected chi connectivity index (χ1v) is 8.89. The molecule has 0 bridgehead atoms. The summed E-state index contributed by atoms with van der Waals surface area (Å²) in [6.45, 7) is -0.349. The van der Waals surface area contributed by atoms with Gasteiger partial charge in [0.2, 0.25) is 0 Å². The molecule has 0 aliphatic heterocycles. The van der Waals surface area contributed by atoms with Crippen LogP contribution in [0.15, 0.2) is 42.5 Å². The average molecular weight is 369 g/mol. The zero-order valence-electron chi connectivity index (χ0n) is 15.5. The molecule has 1 amide bonds. The third-order valence-electron chi connectivity index (χ3n) is 4.66. The minimum Gasteiger partial charge on any atom is -0.493 e. The fourth-order valence-electron chi connectivity index (χ4n) is 3.40. The van der Waals surface area contributed by atoms with Crippen molar-refractivity contribution in [3.8, 4) is 11.5 Å². The van der Waals surface area contributed by atoms with E-state index in [0.29, 0.717) is 5.75 Å². The van der Waals surface area contributed by atoms with E-state index in [0.717, 1.165) is 24.8 Å². The fourth-order valence-corrected chi connectivity index (χ4v) is 3.40. The molecule has 0 aromatic heterocycles. The summed E-state index contributed by atoms with van der Waals surface area (Å²) >= 11 is 0. The summed E-state index contributed by atoms with van der Waals surface area (Å²) in [5.74, 6) is -0.251. The molecule has 0 unspecified atom stereocenters. The first-order chi connectivity index (χ1) is 13.1. The Morgan fingerprint density at radius 2 is 1.89 bits per heavy atom. The summed E-state index contributed by atoms with van der Waals surface area (Å²) in [6.07, 6.45) is 2.91. The maximum atomic E-state index is 12.3. The number of nitrogens with one attached hydrogen (secondary N) is 1. The number of carbonyl (C=O) groups excluding carboxylic acids is 2. The van der Waals surface area contributed by atoms with Crippen molar-refractivity contribution in [1.29, 1.82) is 0 Å². The molecule has 1 N–H and O–H groups in total. The summed E-state index contributed by atoms with van der Waals surface area (Å²) in [5.41, 5.74) is 2.61. The molecule has 6 nitrogen and oxygen atoms in total. The SMILES string of the molecule is COc1cccc(C(=O)OCC(=O)N[C@H]2CCCc3ccccc32)c1OC. The normalized spacial score (nSPS) is 15.4. The third-order valence-corrected chi connectivity index (χ3v) is 4.66. The van der Waals surface area contributed by atoms with E-state index in [1.54, 1.807) is 18.2 Å². The number of para-hydroxylation sites is 1. The quantitative estimate of drug-likeness (QED) is 0.792. The van der Waals surface area contributed by atoms with Crippen molar-refractivity contribution in [2.45, 2.75) is 25.3 Å². The lowest BCUT2D eigenvalue weighted by Gasteiger charge is -2.26. The Morgan fingerprint density at radius 1 is 1.07 bits per heavy atom. The number of amides is 1. The summed E-state index contributed by atoms with van der Waals surface area (Å²) in [6, 6.07) is 13.0. The molecule has 142 valence electrons. The Balaban J connectivity index is 1.61. The van der Waals surface area contributed by atoms with Crippen molar-refractivity contribution in [1.82, 2.24) is 5.32 Å². The standard InChI is InChI=1S/C21H23NO5/c1-25-18-12-6-10-16(20(18)26-2)21(24)27-13-19(23)22-17-11-5-8-14-7-3-4-9-15(14)17/h3-4,6-7,9-10,12,17H,5,8,11,13H2,1-2H3,(H,22,23)/t17-/m0/s1. The van der Waals surface area contributed by atoms with Crippen LogP contribution >= 0.6 is 0 Å². The molecule has 27 heavy (non-hydrogen) atoms. The predicted octanol–water partition coefficient (Wildman–Crippen LogP) is 3.05. The molecule has 6 heteroatoms. The molecule has 2 aromatic carbocycles. The first-order valence-electron chi connectivity index (χ1n) is 8.89. The van der Waals surface area contributed by atoms with E-state index in [-0.39, 0.29) is 29.9 Å². The van der Waals surface area contributed by atoms with E-state index < -0.39 is 5.97 Å². The van der Waals surface area contributed by atoms with Crippen LogP contribution in [0.2, 0.25) is 0 Å². The van der Waals surface area contributed by atoms with Crippen molar-refractivity contribution >= 4 is 11.9 Å². The monoisotopic (exact) mass is 369 g/mol. The molecule has 1 aliphatic carbocycles. The van der Waals surface area contributed by atoms with Crippen LogP contribution < -0.4 is 14.8 Å². The van der Waals surface area contributed by atoms with Gasteiger partial charge in [-0.15, -0.1) is 0 Å². The second-order valence-corrected chi connectivity index (χ2v) is 6.33. The van der Waals surface area contributed by atoms with Crippen LogP contribution in [-0.4, -0.2) is 32.7 Å². The first kappa shape index (κ1) is 18.8. The zero-order chi connectivity index (χ0) is 19.2. The van der Waals surface area contributed by atoms with E-state index in [1.807, 2.05) is 18.2 Å². The van der Waals surface area contributed by atoms with Crippen LogP contribution in [0.4, 0.5) is 0 Å². The van der Waals surface area contributed by atoms with Crippen LogP contribution in [0.3, 0.4) is 0 Å². The zero-order valence-corrected chi connectivity index (χ0v) is 15.5. The molecule has 3 rings (SSSR count). The highest BCUT2D eigenvalue weighted by molar-refractivity contribution is 5.95. The lowest BCUT2D eigenvalue weighted by molar-refractivity contribution is -0.125. The summed E-state index contributed by atoms with van der Waals surface area (Å²) < 4.78 is 15.6. The van der Waals surface area contributed by atoms with Gasteiger partial charge >= 0.3 is 5.97 Å². The Hall–Kier alpha value is -3.02. The van der Waals surface area contributed by atoms with Crippen LogP contribution in [0, 0.1) is 0 Å². The lowest BCUT2D eigenvalue weighted by atomic mass is 9.88. The van der Waals surface area contributed by atoms with Crippen molar-refractivity contribution in [2.75, 3.05) is 20.8 Å². The summed E-state index contributed by atoms with van der Waals surface area (Å²) in [5, 5.41) is 2.96. The molecule has 2 aromatic rings. The Morgan fingerprint density at radius 3 is 2.67 bits per heavy atom. The van der Waals surface area contributed by atoms with Gasteiger partial charge in [0.05, 0.1) is 20.3 Å². The van der Waals surface area contributed by atoms with Gasteiger partial charge < -0.3 is 19.5 Å². The van der Waals surface area contributed by atoms with Crippen molar-refractivity contribution in [3.05, 3.63) is 59.2 Å². The van der Waals surface area contributed by atoms with Gasteiger partial charge in [-0.25, -0.2) is 4.79 Å². The van der Waals surface area contributed by atoms with Crippen LogP contribution in [0.25, 0.3) is 0 Å². The topological polar surface area (TPSA) is 73.9 Å². The molecule has 0 spiro atoms.